The lowest BCUT2D eigenvalue weighted by Gasteiger charge is -2.07. The van der Waals surface area contributed by atoms with Crippen LogP contribution < -0.4 is 10.5 Å². The fourth-order valence-electron chi connectivity index (χ4n) is 1.29. The zero-order valence-corrected chi connectivity index (χ0v) is 10.8. The number of hydrogen-bond acceptors (Lipinski definition) is 4. The summed E-state index contributed by atoms with van der Waals surface area (Å²) in [5, 5.41) is 0. The van der Waals surface area contributed by atoms with E-state index in [0.717, 1.165) is 12.0 Å². The highest BCUT2D eigenvalue weighted by Crippen LogP contribution is 2.13. The van der Waals surface area contributed by atoms with Gasteiger partial charge in [0.15, 0.2) is 6.61 Å². The summed E-state index contributed by atoms with van der Waals surface area (Å²) in [4.78, 5) is 10.8. The zero-order chi connectivity index (χ0) is 12.0. The Bertz CT molecular complexity index is 338. The molecular weight excluding hydrogens is 242 g/mol. The van der Waals surface area contributed by atoms with Crippen LogP contribution in [0, 0.1) is 0 Å². The first-order valence-electron chi connectivity index (χ1n) is 5.16. The van der Waals surface area contributed by atoms with Gasteiger partial charge >= 0.3 is 5.97 Å². The molecule has 0 radical (unpaired) electrons. The largest absolute Gasteiger partial charge is 0.482 e. The van der Waals surface area contributed by atoms with E-state index in [-0.39, 0.29) is 31.0 Å². The van der Waals surface area contributed by atoms with E-state index < -0.39 is 0 Å². The van der Waals surface area contributed by atoms with Gasteiger partial charge in [0.2, 0.25) is 0 Å². The first-order valence-corrected chi connectivity index (χ1v) is 5.16. The molecule has 1 atom stereocenters. The molecular formula is C12H18ClNO3. The SMILES string of the molecule is COC(=O)COc1ccc(C[C@H](C)N)cc1.Cl. The minimum atomic E-state index is -0.389. The molecule has 0 aromatic heterocycles. The molecule has 1 aromatic carbocycles. The third-order valence-corrected chi connectivity index (χ3v) is 2.07. The number of nitrogens with two attached hydrogens (primary N) is 1. The molecule has 0 aliphatic carbocycles. The maximum Gasteiger partial charge on any atom is 0.343 e. The van der Waals surface area contributed by atoms with E-state index in [9.17, 15) is 4.79 Å². The predicted molar refractivity (Wildman–Crippen MR) is 68.6 cm³/mol. The summed E-state index contributed by atoms with van der Waals surface area (Å²) >= 11 is 0. The first-order chi connectivity index (χ1) is 7.61. The van der Waals surface area contributed by atoms with Gasteiger partial charge in [-0.3, -0.25) is 0 Å². The van der Waals surface area contributed by atoms with Crippen LogP contribution in [-0.2, 0) is 16.0 Å². The third-order valence-electron chi connectivity index (χ3n) is 2.07. The quantitative estimate of drug-likeness (QED) is 0.815. The minimum Gasteiger partial charge on any atom is -0.482 e. The summed E-state index contributed by atoms with van der Waals surface area (Å²) in [5.74, 6) is 0.262. The lowest BCUT2D eigenvalue weighted by molar-refractivity contribution is -0.142. The fourth-order valence-corrected chi connectivity index (χ4v) is 1.29. The van der Waals surface area contributed by atoms with Gasteiger partial charge in [0, 0.05) is 6.04 Å². The van der Waals surface area contributed by atoms with Crippen LogP contribution >= 0.6 is 12.4 Å². The lowest BCUT2D eigenvalue weighted by atomic mass is 10.1. The van der Waals surface area contributed by atoms with Gasteiger partial charge in [0.1, 0.15) is 5.75 Å². The van der Waals surface area contributed by atoms with Crippen molar-refractivity contribution in [1.82, 2.24) is 0 Å². The molecule has 0 unspecified atom stereocenters. The number of benzene rings is 1. The van der Waals surface area contributed by atoms with Gasteiger partial charge in [0.05, 0.1) is 7.11 Å². The number of halogens is 1. The van der Waals surface area contributed by atoms with Crippen molar-refractivity contribution >= 4 is 18.4 Å². The van der Waals surface area contributed by atoms with E-state index in [2.05, 4.69) is 4.74 Å². The lowest BCUT2D eigenvalue weighted by Crippen LogP contribution is -2.17. The summed E-state index contributed by atoms with van der Waals surface area (Å²) in [6.07, 6.45) is 0.831. The fraction of sp³-hybridized carbons (Fsp3) is 0.417. The van der Waals surface area contributed by atoms with E-state index >= 15 is 0 Å². The Morgan fingerprint density at radius 3 is 2.41 bits per heavy atom. The normalized spacial score (nSPS) is 11.2. The van der Waals surface area contributed by atoms with Gasteiger partial charge in [-0.25, -0.2) is 4.79 Å². The van der Waals surface area contributed by atoms with Crippen LogP contribution in [0.15, 0.2) is 24.3 Å². The van der Waals surface area contributed by atoms with Crippen LogP contribution in [-0.4, -0.2) is 25.7 Å². The van der Waals surface area contributed by atoms with Crippen LogP contribution in [0.4, 0.5) is 0 Å². The maximum atomic E-state index is 10.8. The molecule has 5 heteroatoms. The second-order valence-electron chi connectivity index (χ2n) is 3.69. The monoisotopic (exact) mass is 259 g/mol. The standard InChI is InChI=1S/C12H17NO3.ClH/c1-9(13)7-10-3-5-11(6-4-10)16-8-12(14)15-2;/h3-6,9H,7-8,13H2,1-2H3;1H/t9-;/m0./s1. The molecule has 0 aliphatic heterocycles. The van der Waals surface area contributed by atoms with Crippen LogP contribution in [0.2, 0.25) is 0 Å². The molecule has 0 bridgehead atoms. The van der Waals surface area contributed by atoms with Crippen molar-refractivity contribution in [2.24, 2.45) is 5.73 Å². The van der Waals surface area contributed by atoms with Crippen LogP contribution in [0.5, 0.6) is 5.75 Å². The highest BCUT2D eigenvalue weighted by atomic mass is 35.5. The number of carbonyl (C=O) groups excluding carboxylic acids is 1. The molecule has 0 fully saturated rings. The Kier molecular flexibility index (Phi) is 7.34. The number of rotatable bonds is 5. The van der Waals surface area contributed by atoms with E-state index in [1.165, 1.54) is 7.11 Å². The second-order valence-corrected chi connectivity index (χ2v) is 3.69. The van der Waals surface area contributed by atoms with Crippen molar-refractivity contribution in [2.75, 3.05) is 13.7 Å². The molecule has 0 aliphatic rings. The molecule has 2 N–H and O–H groups in total. The summed E-state index contributed by atoms with van der Waals surface area (Å²) in [6, 6.07) is 7.66. The predicted octanol–water partition coefficient (Wildman–Crippen LogP) is 1.55. The van der Waals surface area contributed by atoms with E-state index in [1.54, 1.807) is 0 Å². The van der Waals surface area contributed by atoms with Crippen molar-refractivity contribution < 1.29 is 14.3 Å². The van der Waals surface area contributed by atoms with Crippen molar-refractivity contribution in [3.8, 4) is 5.75 Å². The average Bonchev–Trinajstić information content (AvgIpc) is 2.27. The van der Waals surface area contributed by atoms with Crippen LogP contribution in [0.1, 0.15) is 12.5 Å². The summed E-state index contributed by atoms with van der Waals surface area (Å²) in [5.41, 5.74) is 6.84. The smallest absolute Gasteiger partial charge is 0.343 e. The first kappa shape index (κ1) is 15.7. The van der Waals surface area contributed by atoms with E-state index in [4.69, 9.17) is 10.5 Å². The molecule has 1 rings (SSSR count). The molecule has 0 saturated carbocycles. The van der Waals surface area contributed by atoms with Gasteiger partial charge in [0.25, 0.3) is 0 Å². The Labute approximate surface area is 108 Å². The number of esters is 1. The van der Waals surface area contributed by atoms with Gasteiger partial charge < -0.3 is 15.2 Å². The van der Waals surface area contributed by atoms with Crippen molar-refractivity contribution in [2.45, 2.75) is 19.4 Å². The topological polar surface area (TPSA) is 61.5 Å². The van der Waals surface area contributed by atoms with Crippen molar-refractivity contribution in [3.63, 3.8) is 0 Å². The summed E-state index contributed by atoms with van der Waals surface area (Å²) in [6.45, 7) is 1.89. The van der Waals surface area contributed by atoms with E-state index in [1.807, 2.05) is 31.2 Å². The van der Waals surface area contributed by atoms with Gasteiger partial charge in [-0.2, -0.15) is 0 Å². The minimum absolute atomic E-state index is 0. The molecule has 96 valence electrons. The maximum absolute atomic E-state index is 10.8. The van der Waals surface area contributed by atoms with Crippen LogP contribution in [0.25, 0.3) is 0 Å². The molecule has 17 heavy (non-hydrogen) atoms. The highest BCUT2D eigenvalue weighted by molar-refractivity contribution is 5.85. The van der Waals surface area contributed by atoms with Crippen molar-refractivity contribution in [3.05, 3.63) is 29.8 Å². The second kappa shape index (κ2) is 7.92. The Morgan fingerprint density at radius 1 is 1.35 bits per heavy atom. The number of ether oxygens (including phenoxy) is 2. The summed E-state index contributed by atoms with van der Waals surface area (Å²) in [7, 11) is 1.33. The molecule has 0 spiro atoms. The van der Waals surface area contributed by atoms with E-state index in [0.29, 0.717) is 5.75 Å². The molecule has 0 saturated heterocycles. The van der Waals surface area contributed by atoms with Crippen molar-refractivity contribution in [1.29, 1.82) is 0 Å². The van der Waals surface area contributed by atoms with Gasteiger partial charge in [-0.05, 0) is 31.0 Å². The summed E-state index contributed by atoms with van der Waals surface area (Å²) < 4.78 is 9.68. The van der Waals surface area contributed by atoms with Gasteiger partial charge in [-0.15, -0.1) is 12.4 Å². The highest BCUT2D eigenvalue weighted by Gasteiger charge is 2.02. The Balaban J connectivity index is 0.00000256. The van der Waals surface area contributed by atoms with Gasteiger partial charge in [-0.1, -0.05) is 12.1 Å². The zero-order valence-electron chi connectivity index (χ0n) is 10.0. The third kappa shape index (κ3) is 6.14. The molecule has 1 aromatic rings. The van der Waals surface area contributed by atoms with Crippen LogP contribution in [0.3, 0.4) is 0 Å². The average molecular weight is 260 g/mol. The Hall–Kier alpha value is -1.26. The molecule has 0 amide bonds. The number of hydrogen-bond donors (Lipinski definition) is 1. The molecule has 0 heterocycles. The number of carbonyl (C=O) groups is 1. The molecule has 4 nitrogen and oxygen atoms in total. The number of methoxy groups -OCH3 is 1. The Morgan fingerprint density at radius 2 is 1.94 bits per heavy atom.